The summed E-state index contributed by atoms with van der Waals surface area (Å²) in [7, 11) is -3.95. The highest BCUT2D eigenvalue weighted by molar-refractivity contribution is 7.89. The molecule has 2 aromatic rings. The standard InChI is InChI=1S/C24H28N2O4S/c27-23(28)24(14-22(24)17-7-3-1-4-8-17)25-31(29,30)21-12-11-18-15-26(16-19(18)13-21)20-9-5-2-6-10-20/h1,3-4,7-8,11-13,20,22,25H,2,5-6,9-10,14-16H2,(H,27,28)/t22-,24+/m1/s1. The molecule has 1 heterocycles. The summed E-state index contributed by atoms with van der Waals surface area (Å²) in [4.78, 5) is 14.7. The Morgan fingerprint density at radius 1 is 1.00 bits per heavy atom. The number of nitrogens with one attached hydrogen (secondary N) is 1. The quantitative estimate of drug-likeness (QED) is 0.716. The Hall–Kier alpha value is -2.22. The van der Waals surface area contributed by atoms with Crippen LogP contribution < -0.4 is 4.72 Å². The summed E-state index contributed by atoms with van der Waals surface area (Å²) in [6, 6.07) is 15.0. The fourth-order valence-corrected chi connectivity index (χ4v) is 6.77. The Balaban J connectivity index is 1.35. The van der Waals surface area contributed by atoms with Gasteiger partial charge in [-0.15, -0.1) is 0 Å². The summed E-state index contributed by atoms with van der Waals surface area (Å²) in [6.45, 7) is 1.63. The molecule has 2 N–H and O–H groups in total. The van der Waals surface area contributed by atoms with Gasteiger partial charge in [0.05, 0.1) is 4.90 Å². The maximum Gasteiger partial charge on any atom is 0.325 e. The normalized spacial score (nSPS) is 26.5. The number of carbonyl (C=O) groups is 1. The summed E-state index contributed by atoms with van der Waals surface area (Å²) < 4.78 is 28.9. The average Bonchev–Trinajstić information content (AvgIpc) is 3.34. The fraction of sp³-hybridized carbons (Fsp3) is 0.458. The van der Waals surface area contributed by atoms with Crippen LogP contribution in [-0.2, 0) is 27.9 Å². The van der Waals surface area contributed by atoms with Crippen LogP contribution in [0, 0.1) is 0 Å². The van der Waals surface area contributed by atoms with Gasteiger partial charge in [-0.2, -0.15) is 4.72 Å². The number of carboxylic acid groups (broad SMARTS) is 1. The highest BCUT2D eigenvalue weighted by atomic mass is 32.2. The summed E-state index contributed by atoms with van der Waals surface area (Å²) in [5.41, 5.74) is 1.57. The maximum atomic E-state index is 13.2. The number of rotatable bonds is 6. The molecular formula is C24H28N2O4S. The van der Waals surface area contributed by atoms with Crippen LogP contribution in [0.5, 0.6) is 0 Å². The second-order valence-electron chi connectivity index (χ2n) is 9.18. The van der Waals surface area contributed by atoms with Gasteiger partial charge in [0, 0.05) is 25.0 Å². The second kappa shape index (κ2) is 7.73. The third-order valence-electron chi connectivity index (χ3n) is 7.19. The lowest BCUT2D eigenvalue weighted by molar-refractivity contribution is -0.140. The first kappa shape index (κ1) is 20.7. The van der Waals surface area contributed by atoms with Gasteiger partial charge in [0.25, 0.3) is 0 Å². The number of hydrogen-bond acceptors (Lipinski definition) is 4. The van der Waals surface area contributed by atoms with Crippen molar-refractivity contribution < 1.29 is 18.3 Å². The highest BCUT2D eigenvalue weighted by Crippen LogP contribution is 2.52. The molecule has 31 heavy (non-hydrogen) atoms. The van der Waals surface area contributed by atoms with Gasteiger partial charge in [0.15, 0.2) is 0 Å². The number of sulfonamides is 1. The van der Waals surface area contributed by atoms with Crippen molar-refractivity contribution in [2.24, 2.45) is 0 Å². The molecule has 0 amide bonds. The largest absolute Gasteiger partial charge is 0.480 e. The first-order chi connectivity index (χ1) is 14.9. The lowest BCUT2D eigenvalue weighted by atomic mass is 9.94. The summed E-state index contributed by atoms with van der Waals surface area (Å²) >= 11 is 0. The molecule has 2 aliphatic carbocycles. The van der Waals surface area contributed by atoms with E-state index in [0.29, 0.717) is 6.04 Å². The Bertz CT molecular complexity index is 1100. The van der Waals surface area contributed by atoms with Crippen molar-refractivity contribution in [3.8, 4) is 0 Å². The smallest absolute Gasteiger partial charge is 0.325 e. The predicted octanol–water partition coefficient (Wildman–Crippen LogP) is 3.62. The van der Waals surface area contributed by atoms with E-state index in [0.717, 1.165) is 24.2 Å². The minimum atomic E-state index is -3.95. The molecule has 3 aliphatic rings. The number of aliphatic carboxylic acids is 1. The first-order valence-corrected chi connectivity index (χ1v) is 12.6. The van der Waals surface area contributed by atoms with Crippen LogP contribution in [0.3, 0.4) is 0 Å². The van der Waals surface area contributed by atoms with Gasteiger partial charge >= 0.3 is 5.97 Å². The molecule has 7 heteroatoms. The maximum absolute atomic E-state index is 13.2. The topological polar surface area (TPSA) is 86.7 Å². The fourth-order valence-electron chi connectivity index (χ4n) is 5.31. The number of fused-ring (bicyclic) bond motifs is 1. The van der Waals surface area contributed by atoms with Crippen molar-refractivity contribution in [1.82, 2.24) is 9.62 Å². The van der Waals surface area contributed by atoms with Crippen LogP contribution in [0.15, 0.2) is 53.4 Å². The minimum Gasteiger partial charge on any atom is -0.480 e. The van der Waals surface area contributed by atoms with Crippen molar-refractivity contribution in [2.75, 3.05) is 0 Å². The van der Waals surface area contributed by atoms with E-state index >= 15 is 0 Å². The van der Waals surface area contributed by atoms with Gasteiger partial charge in [-0.3, -0.25) is 9.69 Å². The molecule has 0 spiro atoms. The van der Waals surface area contributed by atoms with Crippen LogP contribution in [0.1, 0.15) is 61.1 Å². The number of hydrogen-bond donors (Lipinski definition) is 2. The van der Waals surface area contributed by atoms with E-state index in [1.807, 2.05) is 36.4 Å². The monoisotopic (exact) mass is 440 g/mol. The molecule has 2 saturated carbocycles. The van der Waals surface area contributed by atoms with E-state index in [1.165, 1.54) is 37.7 Å². The van der Waals surface area contributed by atoms with Gasteiger partial charge in [-0.25, -0.2) is 8.42 Å². The second-order valence-corrected chi connectivity index (χ2v) is 10.9. The Morgan fingerprint density at radius 2 is 1.71 bits per heavy atom. The zero-order valence-electron chi connectivity index (χ0n) is 17.5. The molecule has 6 nitrogen and oxygen atoms in total. The third kappa shape index (κ3) is 3.79. The van der Waals surface area contributed by atoms with E-state index in [9.17, 15) is 18.3 Å². The van der Waals surface area contributed by atoms with Gasteiger partial charge in [-0.05, 0) is 48.1 Å². The van der Waals surface area contributed by atoms with Crippen LogP contribution in [0.25, 0.3) is 0 Å². The van der Waals surface area contributed by atoms with Gasteiger partial charge in [0.1, 0.15) is 5.54 Å². The molecule has 5 rings (SSSR count). The van der Waals surface area contributed by atoms with Crippen molar-refractivity contribution in [1.29, 1.82) is 0 Å². The van der Waals surface area contributed by atoms with Crippen molar-refractivity contribution >= 4 is 16.0 Å². The summed E-state index contributed by atoms with van der Waals surface area (Å²) in [5.74, 6) is -1.49. The SMILES string of the molecule is O=C(O)[C@]1(NS(=O)(=O)c2ccc3c(c2)CN(C2CCCCC2)C3)C[C@@H]1c1ccccc1. The van der Waals surface area contributed by atoms with Crippen LogP contribution in [0.2, 0.25) is 0 Å². The lowest BCUT2D eigenvalue weighted by Crippen LogP contribution is -2.44. The lowest BCUT2D eigenvalue weighted by Gasteiger charge is -2.30. The molecule has 1 aliphatic heterocycles. The van der Waals surface area contributed by atoms with Crippen LogP contribution >= 0.6 is 0 Å². The Kier molecular flexibility index (Phi) is 5.15. The van der Waals surface area contributed by atoms with E-state index in [-0.39, 0.29) is 17.2 Å². The molecule has 2 fully saturated rings. The minimum absolute atomic E-state index is 0.149. The van der Waals surface area contributed by atoms with Gasteiger partial charge in [0.2, 0.25) is 10.0 Å². The van der Waals surface area contributed by atoms with E-state index in [1.54, 1.807) is 12.1 Å². The number of carboxylic acids is 1. The molecule has 0 saturated heterocycles. The summed E-state index contributed by atoms with van der Waals surface area (Å²) in [6.07, 6.45) is 6.51. The van der Waals surface area contributed by atoms with Gasteiger partial charge < -0.3 is 5.11 Å². The first-order valence-electron chi connectivity index (χ1n) is 11.1. The van der Waals surface area contributed by atoms with Crippen molar-refractivity contribution in [3.63, 3.8) is 0 Å². The van der Waals surface area contributed by atoms with E-state index < -0.39 is 21.5 Å². The molecular weight excluding hydrogens is 412 g/mol. The zero-order chi connectivity index (χ0) is 21.6. The Labute approximate surface area is 183 Å². The molecule has 2 atom stereocenters. The number of nitrogens with zero attached hydrogens (tertiary/aromatic N) is 1. The molecule has 0 radical (unpaired) electrons. The highest BCUT2D eigenvalue weighted by Gasteiger charge is 2.63. The Morgan fingerprint density at radius 3 is 2.42 bits per heavy atom. The molecule has 2 aromatic carbocycles. The molecule has 0 aromatic heterocycles. The summed E-state index contributed by atoms with van der Waals surface area (Å²) in [5, 5.41) is 9.85. The molecule has 0 unspecified atom stereocenters. The van der Waals surface area contributed by atoms with Crippen LogP contribution in [-0.4, -0.2) is 36.0 Å². The van der Waals surface area contributed by atoms with Crippen molar-refractivity contribution in [2.45, 2.75) is 74.0 Å². The van der Waals surface area contributed by atoms with Gasteiger partial charge in [-0.1, -0.05) is 55.7 Å². The van der Waals surface area contributed by atoms with Crippen molar-refractivity contribution in [3.05, 3.63) is 65.2 Å². The zero-order valence-corrected chi connectivity index (χ0v) is 18.3. The van der Waals surface area contributed by atoms with E-state index in [4.69, 9.17) is 0 Å². The molecule has 0 bridgehead atoms. The molecule has 164 valence electrons. The third-order valence-corrected chi connectivity index (χ3v) is 8.69. The van der Waals surface area contributed by atoms with E-state index in [2.05, 4.69) is 9.62 Å². The predicted molar refractivity (Wildman–Crippen MR) is 117 cm³/mol. The average molecular weight is 441 g/mol. The van der Waals surface area contributed by atoms with Crippen LogP contribution in [0.4, 0.5) is 0 Å². The number of benzene rings is 2.